The number of benzene rings is 1. The molecule has 7 nitrogen and oxygen atoms in total. The van der Waals surface area contributed by atoms with Gasteiger partial charge in [-0.1, -0.05) is 41.2 Å². The second kappa shape index (κ2) is 8.24. The van der Waals surface area contributed by atoms with Crippen LogP contribution in [0.3, 0.4) is 0 Å². The zero-order valence-electron chi connectivity index (χ0n) is 17.8. The first-order valence-corrected chi connectivity index (χ1v) is 11.7. The molecule has 3 aromatic rings. The van der Waals surface area contributed by atoms with Crippen LogP contribution < -0.4 is 16.0 Å². The molecule has 8 heteroatoms. The van der Waals surface area contributed by atoms with Gasteiger partial charge in [-0.3, -0.25) is 4.79 Å². The zero-order chi connectivity index (χ0) is 22.2. The van der Waals surface area contributed by atoms with Gasteiger partial charge >= 0.3 is 0 Å². The average molecular weight is 445 g/mol. The first kappa shape index (κ1) is 20.5. The Bertz CT molecular complexity index is 1210. The van der Waals surface area contributed by atoms with Crippen molar-refractivity contribution in [3.05, 3.63) is 63.7 Å². The molecule has 1 aliphatic carbocycles. The van der Waals surface area contributed by atoms with Gasteiger partial charge in [-0.25, -0.2) is 9.97 Å². The Labute approximate surface area is 190 Å². The molecule has 1 amide bonds. The van der Waals surface area contributed by atoms with E-state index in [1.165, 1.54) is 28.7 Å². The SMILES string of the molecule is Cc1ccc(C2CCCN2c2cc(C(N)=O)c(C3CC3)c(Nc3ncc(C#N)s3)n2)cc1. The van der Waals surface area contributed by atoms with Crippen molar-refractivity contribution in [2.24, 2.45) is 5.73 Å². The molecule has 0 bridgehead atoms. The minimum Gasteiger partial charge on any atom is -0.366 e. The van der Waals surface area contributed by atoms with Crippen LogP contribution in [0.2, 0.25) is 0 Å². The topological polar surface area (TPSA) is 108 Å². The van der Waals surface area contributed by atoms with E-state index in [0.29, 0.717) is 21.4 Å². The summed E-state index contributed by atoms with van der Waals surface area (Å²) in [5.74, 6) is 1.18. The predicted octanol–water partition coefficient (Wildman–Crippen LogP) is 4.78. The molecule has 3 heterocycles. The largest absolute Gasteiger partial charge is 0.366 e. The highest BCUT2D eigenvalue weighted by atomic mass is 32.1. The van der Waals surface area contributed by atoms with Crippen molar-refractivity contribution in [3.63, 3.8) is 0 Å². The molecule has 3 N–H and O–H groups in total. The maximum absolute atomic E-state index is 12.5. The number of amides is 1. The Kier molecular flexibility index (Phi) is 5.27. The Balaban J connectivity index is 1.57. The van der Waals surface area contributed by atoms with Crippen molar-refractivity contribution < 1.29 is 4.79 Å². The van der Waals surface area contributed by atoms with Crippen LogP contribution in [-0.4, -0.2) is 22.4 Å². The standard InChI is InChI=1S/C24H24N6OS/c1-14-4-6-15(7-5-14)19-3-2-10-30(19)20-11-18(22(26)31)21(16-8-9-16)23(28-20)29-24-27-13-17(12-25)32-24/h4-7,11,13,16,19H,2-3,8-10H2,1H3,(H2,26,31)(H,27,28,29). The van der Waals surface area contributed by atoms with Gasteiger partial charge in [-0.2, -0.15) is 5.26 Å². The Morgan fingerprint density at radius 3 is 2.72 bits per heavy atom. The van der Waals surface area contributed by atoms with E-state index in [9.17, 15) is 4.79 Å². The molecule has 1 saturated carbocycles. The van der Waals surface area contributed by atoms with Gasteiger partial charge in [-0.15, -0.1) is 0 Å². The Morgan fingerprint density at radius 1 is 1.28 bits per heavy atom. The summed E-state index contributed by atoms with van der Waals surface area (Å²) in [5.41, 5.74) is 9.69. The van der Waals surface area contributed by atoms with E-state index in [4.69, 9.17) is 16.0 Å². The van der Waals surface area contributed by atoms with Crippen LogP contribution in [0.1, 0.15) is 69.6 Å². The van der Waals surface area contributed by atoms with Crippen LogP contribution in [0.5, 0.6) is 0 Å². The van der Waals surface area contributed by atoms with Crippen molar-refractivity contribution in [3.8, 4) is 6.07 Å². The van der Waals surface area contributed by atoms with Gasteiger partial charge in [-0.05, 0) is 50.2 Å². The van der Waals surface area contributed by atoms with E-state index in [1.807, 2.05) is 6.07 Å². The van der Waals surface area contributed by atoms with Gasteiger partial charge < -0.3 is 16.0 Å². The third-order valence-electron chi connectivity index (χ3n) is 6.15. The minimum absolute atomic E-state index is 0.202. The lowest BCUT2D eigenvalue weighted by atomic mass is 10.0. The highest BCUT2D eigenvalue weighted by Crippen LogP contribution is 2.47. The Morgan fingerprint density at radius 2 is 2.06 bits per heavy atom. The number of hydrogen-bond donors (Lipinski definition) is 2. The predicted molar refractivity (Wildman–Crippen MR) is 125 cm³/mol. The monoisotopic (exact) mass is 444 g/mol. The number of aromatic nitrogens is 2. The molecule has 162 valence electrons. The van der Waals surface area contributed by atoms with E-state index in [1.54, 1.807) is 0 Å². The van der Waals surface area contributed by atoms with Crippen LogP contribution in [0.4, 0.5) is 16.8 Å². The number of primary amides is 1. The van der Waals surface area contributed by atoms with E-state index < -0.39 is 5.91 Å². The number of rotatable bonds is 6. The molecule has 2 aromatic heterocycles. The minimum atomic E-state index is -0.443. The fraction of sp³-hybridized carbons (Fsp3) is 0.333. The lowest BCUT2D eigenvalue weighted by Crippen LogP contribution is -2.25. The molecule has 1 unspecified atom stereocenters. The maximum atomic E-state index is 12.5. The Hall–Kier alpha value is -3.44. The molecule has 1 aliphatic heterocycles. The number of aryl methyl sites for hydroxylation is 1. The fourth-order valence-electron chi connectivity index (χ4n) is 4.43. The van der Waals surface area contributed by atoms with Crippen LogP contribution >= 0.6 is 11.3 Å². The van der Waals surface area contributed by atoms with Gasteiger partial charge in [0.25, 0.3) is 0 Å². The summed E-state index contributed by atoms with van der Waals surface area (Å²) in [7, 11) is 0. The molecule has 2 aliphatic rings. The molecule has 1 saturated heterocycles. The van der Waals surface area contributed by atoms with E-state index in [0.717, 1.165) is 43.6 Å². The molecule has 1 atom stereocenters. The molecule has 0 spiro atoms. The van der Waals surface area contributed by atoms with E-state index >= 15 is 0 Å². The number of nitrogens with two attached hydrogens (primary N) is 1. The number of carbonyl (C=O) groups is 1. The summed E-state index contributed by atoms with van der Waals surface area (Å²) in [6.07, 6.45) is 5.63. The highest BCUT2D eigenvalue weighted by molar-refractivity contribution is 7.16. The second-order valence-electron chi connectivity index (χ2n) is 8.46. The molecular weight excluding hydrogens is 420 g/mol. The number of pyridine rings is 1. The molecule has 1 aromatic carbocycles. The molecule has 0 radical (unpaired) electrons. The highest BCUT2D eigenvalue weighted by Gasteiger charge is 2.34. The van der Waals surface area contributed by atoms with Gasteiger partial charge in [0.05, 0.1) is 12.2 Å². The number of nitrogens with one attached hydrogen (secondary N) is 1. The first-order chi connectivity index (χ1) is 15.5. The lowest BCUT2D eigenvalue weighted by Gasteiger charge is -2.28. The maximum Gasteiger partial charge on any atom is 0.249 e. The van der Waals surface area contributed by atoms with E-state index in [2.05, 4.69) is 52.5 Å². The number of anilines is 3. The number of nitrogens with zero attached hydrogens (tertiary/aromatic N) is 4. The van der Waals surface area contributed by atoms with Crippen LogP contribution in [0, 0.1) is 18.3 Å². The van der Waals surface area contributed by atoms with Crippen LogP contribution in [-0.2, 0) is 0 Å². The molecule has 32 heavy (non-hydrogen) atoms. The van der Waals surface area contributed by atoms with Gasteiger partial charge in [0.1, 0.15) is 22.6 Å². The number of nitriles is 1. The summed E-state index contributed by atoms with van der Waals surface area (Å²) < 4.78 is 0. The van der Waals surface area contributed by atoms with Crippen molar-refractivity contribution in [2.75, 3.05) is 16.8 Å². The van der Waals surface area contributed by atoms with Crippen molar-refractivity contribution >= 4 is 34.0 Å². The smallest absolute Gasteiger partial charge is 0.249 e. The number of thiazole rings is 1. The van der Waals surface area contributed by atoms with Crippen LogP contribution in [0.15, 0.2) is 36.5 Å². The molecular formula is C24H24N6OS. The number of carbonyl (C=O) groups excluding carboxylic acids is 1. The third kappa shape index (κ3) is 3.92. The fourth-order valence-corrected chi connectivity index (χ4v) is 5.05. The third-order valence-corrected chi connectivity index (χ3v) is 6.96. The van der Waals surface area contributed by atoms with Gasteiger partial charge in [0.15, 0.2) is 5.13 Å². The van der Waals surface area contributed by atoms with Crippen LogP contribution in [0.25, 0.3) is 0 Å². The summed E-state index contributed by atoms with van der Waals surface area (Å²) in [5, 5.41) is 13.0. The summed E-state index contributed by atoms with van der Waals surface area (Å²) in [4.78, 5) is 24.5. The summed E-state index contributed by atoms with van der Waals surface area (Å²) >= 11 is 1.27. The molecule has 2 fully saturated rings. The van der Waals surface area contributed by atoms with Crippen molar-refractivity contribution in [1.82, 2.24) is 9.97 Å². The second-order valence-corrected chi connectivity index (χ2v) is 9.49. The average Bonchev–Trinajstić information content (AvgIpc) is 3.32. The first-order valence-electron chi connectivity index (χ1n) is 10.8. The summed E-state index contributed by atoms with van der Waals surface area (Å²) in [6, 6.07) is 12.8. The quantitative estimate of drug-likeness (QED) is 0.566. The number of hydrogen-bond acceptors (Lipinski definition) is 7. The lowest BCUT2D eigenvalue weighted by molar-refractivity contribution is 0.0999. The van der Waals surface area contributed by atoms with E-state index in [-0.39, 0.29) is 12.0 Å². The summed E-state index contributed by atoms with van der Waals surface area (Å²) in [6.45, 7) is 2.95. The molecule has 5 rings (SSSR count). The zero-order valence-corrected chi connectivity index (χ0v) is 18.7. The van der Waals surface area contributed by atoms with Gasteiger partial charge in [0, 0.05) is 17.7 Å². The van der Waals surface area contributed by atoms with Crippen molar-refractivity contribution in [1.29, 1.82) is 5.26 Å². The van der Waals surface area contributed by atoms with Crippen molar-refractivity contribution in [2.45, 2.75) is 44.6 Å². The van der Waals surface area contributed by atoms with Gasteiger partial charge in [0.2, 0.25) is 5.91 Å². The normalized spacial score (nSPS) is 17.9.